The number of alkyl halides is 3. The summed E-state index contributed by atoms with van der Waals surface area (Å²) in [5.74, 6) is -3.09. The van der Waals surface area contributed by atoms with Gasteiger partial charge in [-0.05, 0) is 25.8 Å². The number of benzene rings is 2. The van der Waals surface area contributed by atoms with E-state index in [1.54, 1.807) is 34.9 Å². The molecule has 3 N–H and O–H groups in total. The molecule has 4 aromatic rings. The summed E-state index contributed by atoms with van der Waals surface area (Å²) in [5, 5.41) is 7.12. The Balaban J connectivity index is 0.000000676. The molecular formula is C30H32F3N5O6. The van der Waals surface area contributed by atoms with Gasteiger partial charge in [0.15, 0.2) is 16.9 Å². The molecule has 2 aromatic carbocycles. The van der Waals surface area contributed by atoms with Crippen molar-refractivity contribution in [3.05, 3.63) is 104 Å². The number of nitrogens with two attached hydrogens (primary N) is 1. The lowest BCUT2D eigenvalue weighted by atomic mass is 10.1. The van der Waals surface area contributed by atoms with E-state index in [-0.39, 0.29) is 42.2 Å². The molecule has 44 heavy (non-hydrogen) atoms. The van der Waals surface area contributed by atoms with Gasteiger partial charge in [-0.25, -0.2) is 9.59 Å². The molecular weight excluding hydrogens is 583 g/mol. The molecule has 0 saturated carbocycles. The van der Waals surface area contributed by atoms with Crippen molar-refractivity contribution in [3.8, 4) is 6.01 Å². The third kappa shape index (κ3) is 8.53. The van der Waals surface area contributed by atoms with Gasteiger partial charge in [0.25, 0.3) is 11.6 Å². The number of hydrogen-bond donors (Lipinski definition) is 2. The topological polar surface area (TPSA) is 151 Å². The van der Waals surface area contributed by atoms with Crippen molar-refractivity contribution in [1.29, 1.82) is 0 Å². The second-order valence-corrected chi connectivity index (χ2v) is 10.0. The first-order chi connectivity index (χ1) is 20.7. The summed E-state index contributed by atoms with van der Waals surface area (Å²) in [6, 6.07) is 18.3. The molecule has 0 bridgehead atoms. The smallest absolute Gasteiger partial charge is 0.475 e. The summed E-state index contributed by atoms with van der Waals surface area (Å²) in [7, 11) is 1.52. The summed E-state index contributed by atoms with van der Waals surface area (Å²) in [6.07, 6.45) is -2.54. The SMILES string of the molecule is CC(C)=CCn1c(OCC(N)Cc2ccccc2)nc2c1c(=O)n(CC(=O)c1ccccc1)c(=O)n2C.O=C(O)C(F)(F)F. The van der Waals surface area contributed by atoms with Crippen LogP contribution in [-0.4, -0.2) is 54.4 Å². The van der Waals surface area contributed by atoms with E-state index in [1.165, 1.54) is 11.6 Å². The van der Waals surface area contributed by atoms with Crippen LogP contribution in [0, 0.1) is 0 Å². The Morgan fingerprint density at radius 2 is 1.59 bits per heavy atom. The highest BCUT2D eigenvalue weighted by atomic mass is 19.4. The van der Waals surface area contributed by atoms with E-state index in [0.717, 1.165) is 15.7 Å². The van der Waals surface area contributed by atoms with Crippen LogP contribution in [-0.2, 0) is 31.4 Å². The molecule has 14 heteroatoms. The fraction of sp³-hybridized carbons (Fsp3) is 0.300. The van der Waals surface area contributed by atoms with Gasteiger partial charge in [0.1, 0.15) is 6.61 Å². The Morgan fingerprint density at radius 1 is 1.02 bits per heavy atom. The van der Waals surface area contributed by atoms with Crippen molar-refractivity contribution >= 4 is 22.9 Å². The van der Waals surface area contributed by atoms with Crippen LogP contribution in [0.4, 0.5) is 13.2 Å². The molecule has 1 unspecified atom stereocenters. The van der Waals surface area contributed by atoms with Crippen molar-refractivity contribution in [1.82, 2.24) is 18.7 Å². The molecule has 1 atom stereocenters. The Kier molecular flexibility index (Phi) is 11.0. The predicted molar refractivity (Wildman–Crippen MR) is 157 cm³/mol. The number of carbonyl (C=O) groups excluding carboxylic acids is 1. The number of nitrogens with zero attached hydrogens (tertiary/aromatic N) is 4. The van der Waals surface area contributed by atoms with Crippen LogP contribution in [0.2, 0.25) is 0 Å². The number of allylic oxidation sites excluding steroid dienone is 2. The fourth-order valence-corrected chi connectivity index (χ4v) is 4.06. The lowest BCUT2D eigenvalue weighted by Crippen LogP contribution is -2.41. The van der Waals surface area contributed by atoms with Crippen molar-refractivity contribution in [2.45, 2.75) is 45.6 Å². The third-order valence-electron chi connectivity index (χ3n) is 6.29. The van der Waals surface area contributed by atoms with E-state index in [2.05, 4.69) is 4.98 Å². The largest absolute Gasteiger partial charge is 0.490 e. The number of aromatic nitrogens is 4. The first-order valence-electron chi connectivity index (χ1n) is 13.3. The van der Waals surface area contributed by atoms with Gasteiger partial charge in [-0.15, -0.1) is 0 Å². The minimum Gasteiger partial charge on any atom is -0.475 e. The summed E-state index contributed by atoms with van der Waals surface area (Å²) >= 11 is 0. The van der Waals surface area contributed by atoms with E-state index in [9.17, 15) is 27.6 Å². The highest BCUT2D eigenvalue weighted by molar-refractivity contribution is 5.95. The predicted octanol–water partition coefficient (Wildman–Crippen LogP) is 3.33. The number of carboxylic acid groups (broad SMARTS) is 1. The summed E-state index contributed by atoms with van der Waals surface area (Å²) in [6.45, 7) is 3.99. The second-order valence-electron chi connectivity index (χ2n) is 10.0. The molecule has 2 heterocycles. The highest BCUT2D eigenvalue weighted by Crippen LogP contribution is 2.19. The number of ether oxygens (including phenoxy) is 1. The number of Topliss-reactive ketones (excluding diaryl/α,β-unsaturated/α-hetero) is 1. The molecule has 0 aliphatic rings. The van der Waals surface area contributed by atoms with E-state index in [0.29, 0.717) is 18.5 Å². The van der Waals surface area contributed by atoms with Gasteiger partial charge in [-0.1, -0.05) is 72.3 Å². The first kappa shape index (κ1) is 33.5. The van der Waals surface area contributed by atoms with Gasteiger partial charge >= 0.3 is 17.8 Å². The number of carboxylic acids is 1. The van der Waals surface area contributed by atoms with Crippen molar-refractivity contribution in [2.24, 2.45) is 12.8 Å². The van der Waals surface area contributed by atoms with Crippen LogP contribution in [0.5, 0.6) is 6.01 Å². The van der Waals surface area contributed by atoms with Gasteiger partial charge in [0, 0.05) is 25.2 Å². The first-order valence-corrected chi connectivity index (χ1v) is 13.3. The summed E-state index contributed by atoms with van der Waals surface area (Å²) < 4.78 is 41.6. The lowest BCUT2D eigenvalue weighted by molar-refractivity contribution is -0.192. The molecule has 0 amide bonds. The molecule has 0 fully saturated rings. The maximum atomic E-state index is 13.6. The number of fused-ring (bicyclic) bond motifs is 1. The Labute approximate surface area is 249 Å². The standard InChI is InChI=1S/C28H31N5O4.C2HF3O2/c1-19(2)14-15-32-24-25(30-27(32)37-18-22(29)16-20-10-6-4-7-11-20)31(3)28(36)33(26(24)35)17-23(34)21-12-8-5-9-13-21;3-2(4,5)1(6)7/h4-14,22H,15-18,29H2,1-3H3;(H,6,7). The van der Waals surface area contributed by atoms with Crippen molar-refractivity contribution in [3.63, 3.8) is 0 Å². The zero-order valence-corrected chi connectivity index (χ0v) is 24.2. The zero-order valence-electron chi connectivity index (χ0n) is 24.2. The average Bonchev–Trinajstić information content (AvgIpc) is 3.35. The molecule has 11 nitrogen and oxygen atoms in total. The second kappa shape index (κ2) is 14.5. The quantitative estimate of drug-likeness (QED) is 0.204. The number of ketones is 1. The van der Waals surface area contributed by atoms with Crippen LogP contribution in [0.15, 0.2) is 81.9 Å². The van der Waals surface area contributed by atoms with E-state index in [4.69, 9.17) is 20.4 Å². The minimum atomic E-state index is -5.08. The number of hydrogen-bond acceptors (Lipinski definition) is 7. The van der Waals surface area contributed by atoms with Crippen molar-refractivity contribution in [2.75, 3.05) is 6.61 Å². The molecule has 2 aromatic heterocycles. The Bertz CT molecular complexity index is 1760. The maximum absolute atomic E-state index is 13.6. The van der Waals surface area contributed by atoms with Gasteiger partial charge < -0.3 is 15.6 Å². The van der Waals surface area contributed by atoms with Gasteiger partial charge in [-0.3, -0.25) is 23.3 Å². The highest BCUT2D eigenvalue weighted by Gasteiger charge is 2.38. The molecule has 0 aliphatic carbocycles. The van der Waals surface area contributed by atoms with E-state index < -0.39 is 23.4 Å². The maximum Gasteiger partial charge on any atom is 0.490 e. The monoisotopic (exact) mass is 615 g/mol. The molecule has 234 valence electrons. The van der Waals surface area contributed by atoms with Gasteiger partial charge in [-0.2, -0.15) is 18.2 Å². The van der Waals surface area contributed by atoms with Gasteiger partial charge in [0.05, 0.1) is 6.54 Å². The number of imidazole rings is 1. The van der Waals surface area contributed by atoms with Crippen LogP contribution >= 0.6 is 0 Å². The van der Waals surface area contributed by atoms with Crippen LogP contribution in [0.3, 0.4) is 0 Å². The summed E-state index contributed by atoms with van der Waals surface area (Å²) in [5.41, 5.74) is 8.01. The normalized spacial score (nSPS) is 11.8. The molecule has 0 saturated heterocycles. The Hall–Kier alpha value is -4.98. The zero-order chi connectivity index (χ0) is 32.6. The average molecular weight is 616 g/mol. The number of aliphatic carboxylic acids is 1. The fourth-order valence-electron chi connectivity index (χ4n) is 4.06. The summed E-state index contributed by atoms with van der Waals surface area (Å²) in [4.78, 5) is 52.8. The van der Waals surface area contributed by atoms with Gasteiger partial charge in [0.2, 0.25) is 0 Å². The van der Waals surface area contributed by atoms with E-state index in [1.807, 2.05) is 50.3 Å². The van der Waals surface area contributed by atoms with E-state index >= 15 is 0 Å². The molecule has 0 spiro atoms. The number of halogens is 3. The van der Waals surface area contributed by atoms with Crippen LogP contribution < -0.4 is 21.7 Å². The number of aryl methyl sites for hydroxylation is 1. The molecule has 0 aliphatic heterocycles. The molecule has 0 radical (unpaired) electrons. The lowest BCUT2D eigenvalue weighted by Gasteiger charge is -2.14. The van der Waals surface area contributed by atoms with Crippen LogP contribution in [0.25, 0.3) is 11.2 Å². The Morgan fingerprint density at radius 3 is 2.14 bits per heavy atom. The van der Waals surface area contributed by atoms with Crippen LogP contribution in [0.1, 0.15) is 29.8 Å². The molecule has 4 rings (SSSR count). The van der Waals surface area contributed by atoms with Crippen molar-refractivity contribution < 1.29 is 32.6 Å². The number of carbonyl (C=O) groups is 2. The number of rotatable bonds is 10. The third-order valence-corrected chi connectivity index (χ3v) is 6.29. The minimum absolute atomic E-state index is 0.168.